The summed E-state index contributed by atoms with van der Waals surface area (Å²) >= 11 is 0.879. The molecule has 0 bridgehead atoms. The Morgan fingerprint density at radius 3 is 2.46 bits per heavy atom. The molecular formula is C19H22N2O4S. The topological polar surface area (TPSA) is 66.9 Å². The standard InChI is InChI=1S/C19H22N2O4S/c1-13(2)15-5-3-14(4-6-15)11-16-18(23)21(19(24)26-16)12-17(22)20-7-9-25-10-8-20/h3-6,11,13H,7-10,12H2,1-2H3/b16-11+. The lowest BCUT2D eigenvalue weighted by Gasteiger charge is -2.28. The third-order valence-corrected chi connectivity index (χ3v) is 5.34. The van der Waals surface area contributed by atoms with E-state index in [-0.39, 0.29) is 12.5 Å². The molecule has 2 saturated heterocycles. The quantitative estimate of drug-likeness (QED) is 0.758. The Balaban J connectivity index is 1.68. The van der Waals surface area contributed by atoms with Gasteiger partial charge in [-0.15, -0.1) is 0 Å². The highest BCUT2D eigenvalue weighted by Crippen LogP contribution is 2.32. The number of carbonyl (C=O) groups excluding carboxylic acids is 3. The number of hydrogen-bond acceptors (Lipinski definition) is 5. The van der Waals surface area contributed by atoms with E-state index in [1.54, 1.807) is 11.0 Å². The normalized spacial score (nSPS) is 19.7. The molecule has 3 rings (SSSR count). The molecule has 0 radical (unpaired) electrons. The molecule has 2 fully saturated rings. The van der Waals surface area contributed by atoms with Crippen molar-refractivity contribution in [3.63, 3.8) is 0 Å². The number of nitrogens with zero attached hydrogens (tertiary/aromatic N) is 2. The molecule has 0 unspecified atom stereocenters. The number of hydrogen-bond donors (Lipinski definition) is 0. The third kappa shape index (κ3) is 4.16. The first-order valence-corrected chi connectivity index (χ1v) is 9.48. The van der Waals surface area contributed by atoms with Gasteiger partial charge in [0.1, 0.15) is 6.54 Å². The van der Waals surface area contributed by atoms with Crippen LogP contribution in [0.2, 0.25) is 0 Å². The first kappa shape index (κ1) is 18.7. The van der Waals surface area contributed by atoms with Crippen molar-refractivity contribution >= 4 is 34.9 Å². The van der Waals surface area contributed by atoms with Crippen LogP contribution in [0, 0.1) is 0 Å². The van der Waals surface area contributed by atoms with Crippen LogP contribution in [0.3, 0.4) is 0 Å². The van der Waals surface area contributed by atoms with E-state index in [2.05, 4.69) is 13.8 Å². The minimum Gasteiger partial charge on any atom is -0.378 e. The number of thioether (sulfide) groups is 1. The maximum absolute atomic E-state index is 12.5. The molecule has 1 aromatic carbocycles. The lowest BCUT2D eigenvalue weighted by molar-refractivity contribution is -0.139. The van der Waals surface area contributed by atoms with Crippen molar-refractivity contribution in [2.45, 2.75) is 19.8 Å². The minimum atomic E-state index is -0.408. The second-order valence-corrected chi connectivity index (χ2v) is 7.58. The molecule has 26 heavy (non-hydrogen) atoms. The maximum atomic E-state index is 12.5. The molecule has 0 spiro atoms. The van der Waals surface area contributed by atoms with Gasteiger partial charge in [-0.25, -0.2) is 0 Å². The SMILES string of the molecule is CC(C)c1ccc(/C=C2/SC(=O)N(CC(=O)N3CCOCC3)C2=O)cc1. The van der Waals surface area contributed by atoms with E-state index >= 15 is 0 Å². The molecule has 0 aliphatic carbocycles. The van der Waals surface area contributed by atoms with Crippen LogP contribution in [0.25, 0.3) is 6.08 Å². The average molecular weight is 374 g/mol. The van der Waals surface area contributed by atoms with Crippen molar-refractivity contribution in [3.05, 3.63) is 40.3 Å². The van der Waals surface area contributed by atoms with E-state index in [4.69, 9.17) is 4.74 Å². The predicted octanol–water partition coefficient (Wildman–Crippen LogP) is 2.71. The highest BCUT2D eigenvalue weighted by Gasteiger charge is 2.37. The van der Waals surface area contributed by atoms with Crippen LogP contribution in [0.1, 0.15) is 30.9 Å². The van der Waals surface area contributed by atoms with Gasteiger partial charge in [0.2, 0.25) is 5.91 Å². The van der Waals surface area contributed by atoms with Crippen LogP contribution >= 0.6 is 11.8 Å². The Labute approximate surface area is 157 Å². The van der Waals surface area contributed by atoms with E-state index in [0.717, 1.165) is 22.2 Å². The number of ether oxygens (including phenoxy) is 1. The number of imide groups is 1. The minimum absolute atomic E-state index is 0.214. The van der Waals surface area contributed by atoms with Crippen molar-refractivity contribution in [2.75, 3.05) is 32.8 Å². The van der Waals surface area contributed by atoms with E-state index in [9.17, 15) is 14.4 Å². The Hall–Kier alpha value is -2.12. The Morgan fingerprint density at radius 2 is 1.85 bits per heavy atom. The number of benzene rings is 1. The third-order valence-electron chi connectivity index (χ3n) is 4.43. The van der Waals surface area contributed by atoms with Gasteiger partial charge in [-0.1, -0.05) is 38.1 Å². The fourth-order valence-corrected chi connectivity index (χ4v) is 3.65. The molecule has 1 aromatic rings. The summed E-state index contributed by atoms with van der Waals surface area (Å²) in [6.07, 6.45) is 1.70. The average Bonchev–Trinajstić information content (AvgIpc) is 2.90. The van der Waals surface area contributed by atoms with Crippen LogP contribution in [0.15, 0.2) is 29.2 Å². The molecule has 2 aliphatic heterocycles. The molecule has 6 nitrogen and oxygen atoms in total. The fourth-order valence-electron chi connectivity index (χ4n) is 2.81. The van der Waals surface area contributed by atoms with E-state index in [0.29, 0.717) is 37.1 Å². The molecule has 0 aromatic heterocycles. The Bertz CT molecular complexity index is 736. The van der Waals surface area contributed by atoms with Gasteiger partial charge in [0.05, 0.1) is 18.1 Å². The molecule has 0 atom stereocenters. The van der Waals surface area contributed by atoms with Crippen molar-refractivity contribution in [3.8, 4) is 0 Å². The van der Waals surface area contributed by atoms with Crippen molar-refractivity contribution in [1.29, 1.82) is 0 Å². The second-order valence-electron chi connectivity index (χ2n) is 6.58. The summed E-state index contributed by atoms with van der Waals surface area (Å²) in [7, 11) is 0. The first-order chi connectivity index (χ1) is 12.5. The van der Waals surface area contributed by atoms with Crippen LogP contribution in [0.4, 0.5) is 4.79 Å². The lowest BCUT2D eigenvalue weighted by atomic mass is 10.0. The van der Waals surface area contributed by atoms with Crippen LogP contribution < -0.4 is 0 Å². The molecule has 2 heterocycles. The summed E-state index contributed by atoms with van der Waals surface area (Å²) in [5.74, 6) is -0.199. The maximum Gasteiger partial charge on any atom is 0.294 e. The van der Waals surface area contributed by atoms with Crippen molar-refractivity contribution in [2.24, 2.45) is 0 Å². The summed E-state index contributed by atoms with van der Waals surface area (Å²) in [5, 5.41) is -0.401. The van der Waals surface area contributed by atoms with Gasteiger partial charge in [0.25, 0.3) is 11.1 Å². The van der Waals surface area contributed by atoms with Crippen LogP contribution in [-0.4, -0.2) is 59.7 Å². The van der Waals surface area contributed by atoms with Gasteiger partial charge >= 0.3 is 0 Å². The van der Waals surface area contributed by atoms with Crippen molar-refractivity contribution < 1.29 is 19.1 Å². The molecule has 7 heteroatoms. The highest BCUT2D eigenvalue weighted by atomic mass is 32.2. The first-order valence-electron chi connectivity index (χ1n) is 8.66. The smallest absolute Gasteiger partial charge is 0.294 e. The molecule has 0 N–H and O–H groups in total. The zero-order chi connectivity index (χ0) is 18.7. The summed E-state index contributed by atoms with van der Waals surface area (Å²) in [4.78, 5) is 40.0. The lowest BCUT2D eigenvalue weighted by Crippen LogP contribution is -2.46. The van der Waals surface area contributed by atoms with E-state index in [1.807, 2.05) is 24.3 Å². The second kappa shape index (κ2) is 8.05. The Morgan fingerprint density at radius 1 is 1.19 bits per heavy atom. The molecule has 0 saturated carbocycles. The molecule has 2 aliphatic rings. The Kier molecular flexibility index (Phi) is 5.78. The molecular weight excluding hydrogens is 352 g/mol. The van der Waals surface area contributed by atoms with Gasteiger partial charge in [-0.05, 0) is 34.9 Å². The summed E-state index contributed by atoms with van der Waals surface area (Å²) < 4.78 is 5.21. The molecule has 3 amide bonds. The van der Waals surface area contributed by atoms with E-state index < -0.39 is 11.1 Å². The monoisotopic (exact) mass is 374 g/mol. The zero-order valence-electron chi connectivity index (χ0n) is 14.9. The van der Waals surface area contributed by atoms with Gasteiger partial charge in [0.15, 0.2) is 0 Å². The summed E-state index contributed by atoms with van der Waals surface area (Å²) in [6, 6.07) is 7.90. The summed E-state index contributed by atoms with van der Waals surface area (Å²) in [6.45, 7) is 5.98. The number of morpholine rings is 1. The van der Waals surface area contributed by atoms with Gasteiger partial charge in [0, 0.05) is 13.1 Å². The van der Waals surface area contributed by atoms with Gasteiger partial charge < -0.3 is 9.64 Å². The number of carbonyl (C=O) groups is 3. The summed E-state index contributed by atoms with van der Waals surface area (Å²) in [5.41, 5.74) is 2.07. The highest BCUT2D eigenvalue weighted by molar-refractivity contribution is 8.18. The van der Waals surface area contributed by atoms with Gasteiger partial charge in [-0.3, -0.25) is 19.3 Å². The van der Waals surface area contributed by atoms with Crippen LogP contribution in [0.5, 0.6) is 0 Å². The largest absolute Gasteiger partial charge is 0.378 e. The number of amides is 3. The molecule has 138 valence electrons. The fraction of sp³-hybridized carbons (Fsp3) is 0.421. The van der Waals surface area contributed by atoms with Crippen molar-refractivity contribution in [1.82, 2.24) is 9.80 Å². The predicted molar refractivity (Wildman–Crippen MR) is 101 cm³/mol. The van der Waals surface area contributed by atoms with Gasteiger partial charge in [-0.2, -0.15) is 0 Å². The number of rotatable bonds is 4. The van der Waals surface area contributed by atoms with E-state index in [1.165, 1.54) is 5.56 Å². The van der Waals surface area contributed by atoms with Crippen LogP contribution in [-0.2, 0) is 14.3 Å². The zero-order valence-corrected chi connectivity index (χ0v) is 15.8.